The highest BCUT2D eigenvalue weighted by Gasteiger charge is 2.19. The largest absolute Gasteiger partial charge is 0.356 e. The number of ether oxygens (including phenoxy) is 1. The zero-order chi connectivity index (χ0) is 13.9. The smallest absolute Gasteiger partial charge is 0.150 e. The number of aldehydes is 1. The number of carbonyl (C=O) groups is 1. The molecule has 1 atom stereocenters. The van der Waals surface area contributed by atoms with Crippen LogP contribution in [0.3, 0.4) is 0 Å². The van der Waals surface area contributed by atoms with Crippen molar-refractivity contribution < 1.29 is 9.53 Å². The van der Waals surface area contributed by atoms with Crippen LogP contribution in [0.1, 0.15) is 41.4 Å². The normalized spacial score (nSPS) is 18.9. The van der Waals surface area contributed by atoms with Crippen LogP contribution in [0.25, 0.3) is 11.3 Å². The zero-order valence-corrected chi connectivity index (χ0v) is 11.6. The van der Waals surface area contributed by atoms with Crippen molar-refractivity contribution in [3.63, 3.8) is 0 Å². The van der Waals surface area contributed by atoms with Gasteiger partial charge in [-0.15, -0.1) is 0 Å². The van der Waals surface area contributed by atoms with E-state index in [2.05, 4.69) is 5.10 Å². The van der Waals surface area contributed by atoms with Crippen LogP contribution in [0.4, 0.5) is 0 Å². The Labute approximate surface area is 118 Å². The second-order valence-electron chi connectivity index (χ2n) is 5.17. The molecule has 1 aliphatic rings. The minimum atomic E-state index is 0.0276. The molecular weight excluding hydrogens is 252 g/mol. The van der Waals surface area contributed by atoms with Crippen LogP contribution in [0.2, 0.25) is 0 Å². The lowest BCUT2D eigenvalue weighted by atomic mass is 10.0. The molecule has 1 aromatic carbocycles. The fourth-order valence-corrected chi connectivity index (χ4v) is 2.66. The van der Waals surface area contributed by atoms with Gasteiger partial charge in [-0.3, -0.25) is 4.79 Å². The minimum Gasteiger partial charge on any atom is -0.356 e. The summed E-state index contributed by atoms with van der Waals surface area (Å²) < 4.78 is 7.76. The van der Waals surface area contributed by atoms with Gasteiger partial charge in [0.1, 0.15) is 6.29 Å². The second-order valence-corrected chi connectivity index (χ2v) is 5.17. The van der Waals surface area contributed by atoms with Crippen molar-refractivity contribution in [3.05, 3.63) is 41.6 Å². The molecule has 0 radical (unpaired) electrons. The molecule has 2 heterocycles. The summed E-state index contributed by atoms with van der Waals surface area (Å²) in [5.74, 6) is 0. The van der Waals surface area contributed by atoms with E-state index in [-0.39, 0.29) is 6.23 Å². The monoisotopic (exact) mass is 270 g/mol. The van der Waals surface area contributed by atoms with Crippen molar-refractivity contribution in [3.8, 4) is 11.3 Å². The van der Waals surface area contributed by atoms with Gasteiger partial charge in [0.15, 0.2) is 6.23 Å². The van der Waals surface area contributed by atoms with E-state index in [1.165, 1.54) is 6.42 Å². The van der Waals surface area contributed by atoms with Crippen molar-refractivity contribution in [2.45, 2.75) is 32.4 Å². The van der Waals surface area contributed by atoms with Gasteiger partial charge < -0.3 is 4.74 Å². The number of carbonyl (C=O) groups excluding carboxylic acids is 1. The van der Waals surface area contributed by atoms with E-state index in [1.54, 1.807) is 6.20 Å². The fraction of sp³-hybridized carbons (Fsp3) is 0.375. The molecule has 0 saturated carbocycles. The van der Waals surface area contributed by atoms with Crippen LogP contribution in [0.5, 0.6) is 0 Å². The molecule has 1 aromatic heterocycles. The quantitative estimate of drug-likeness (QED) is 0.803. The van der Waals surface area contributed by atoms with Crippen LogP contribution in [0, 0.1) is 6.92 Å². The predicted octanol–water partition coefficient (Wildman–Crippen LogP) is 3.37. The summed E-state index contributed by atoms with van der Waals surface area (Å²) in [5, 5.41) is 4.41. The summed E-state index contributed by atoms with van der Waals surface area (Å²) in [7, 11) is 0. The van der Waals surface area contributed by atoms with Gasteiger partial charge in [0.25, 0.3) is 0 Å². The molecule has 1 fully saturated rings. The van der Waals surface area contributed by atoms with Gasteiger partial charge in [-0.1, -0.05) is 12.1 Å². The van der Waals surface area contributed by atoms with Crippen LogP contribution < -0.4 is 0 Å². The molecule has 3 rings (SSSR count). The van der Waals surface area contributed by atoms with Gasteiger partial charge >= 0.3 is 0 Å². The topological polar surface area (TPSA) is 44.1 Å². The Kier molecular flexibility index (Phi) is 3.65. The summed E-state index contributed by atoms with van der Waals surface area (Å²) in [6.07, 6.45) is 6.02. The highest BCUT2D eigenvalue weighted by Crippen LogP contribution is 2.28. The SMILES string of the molecule is Cc1cc(-c2ccnn2C2CCCCO2)ccc1C=O. The Morgan fingerprint density at radius 1 is 1.35 bits per heavy atom. The molecule has 0 spiro atoms. The number of hydrogen-bond acceptors (Lipinski definition) is 3. The van der Waals surface area contributed by atoms with Crippen molar-refractivity contribution in [1.29, 1.82) is 0 Å². The average molecular weight is 270 g/mol. The first kappa shape index (κ1) is 13.1. The number of rotatable bonds is 3. The third-order valence-electron chi connectivity index (χ3n) is 3.79. The van der Waals surface area contributed by atoms with Crippen molar-refractivity contribution in [2.75, 3.05) is 6.61 Å². The van der Waals surface area contributed by atoms with Crippen LogP contribution >= 0.6 is 0 Å². The van der Waals surface area contributed by atoms with Crippen molar-refractivity contribution >= 4 is 6.29 Å². The van der Waals surface area contributed by atoms with Crippen molar-refractivity contribution in [2.24, 2.45) is 0 Å². The lowest BCUT2D eigenvalue weighted by Crippen LogP contribution is -2.19. The first-order valence-corrected chi connectivity index (χ1v) is 7.01. The Bertz CT molecular complexity index is 613. The lowest BCUT2D eigenvalue weighted by molar-refractivity contribution is -0.0383. The van der Waals surface area contributed by atoms with Gasteiger partial charge in [0.05, 0.1) is 5.69 Å². The fourth-order valence-electron chi connectivity index (χ4n) is 2.66. The van der Waals surface area contributed by atoms with Gasteiger partial charge in [-0.05, 0) is 43.9 Å². The highest BCUT2D eigenvalue weighted by atomic mass is 16.5. The number of aromatic nitrogens is 2. The Morgan fingerprint density at radius 3 is 2.95 bits per heavy atom. The molecule has 0 aliphatic carbocycles. The van der Waals surface area contributed by atoms with Gasteiger partial charge in [-0.2, -0.15) is 5.10 Å². The summed E-state index contributed by atoms with van der Waals surface area (Å²) in [6.45, 7) is 2.75. The summed E-state index contributed by atoms with van der Waals surface area (Å²) >= 11 is 0. The predicted molar refractivity (Wildman–Crippen MR) is 76.6 cm³/mol. The van der Waals surface area contributed by atoms with Crippen molar-refractivity contribution in [1.82, 2.24) is 9.78 Å². The van der Waals surface area contributed by atoms with E-state index in [4.69, 9.17) is 4.74 Å². The highest BCUT2D eigenvalue weighted by molar-refractivity contribution is 5.79. The minimum absolute atomic E-state index is 0.0276. The van der Waals surface area contributed by atoms with E-state index in [9.17, 15) is 4.79 Å². The second kappa shape index (κ2) is 5.59. The van der Waals surface area contributed by atoms with Crippen LogP contribution in [0.15, 0.2) is 30.5 Å². The summed E-state index contributed by atoms with van der Waals surface area (Å²) in [6, 6.07) is 7.84. The Balaban J connectivity index is 1.96. The van der Waals surface area contributed by atoms with E-state index < -0.39 is 0 Å². The molecule has 2 aromatic rings. The first-order valence-electron chi connectivity index (χ1n) is 7.01. The van der Waals surface area contributed by atoms with Gasteiger partial charge in [0, 0.05) is 23.9 Å². The third kappa shape index (κ3) is 2.39. The van der Waals surface area contributed by atoms with E-state index >= 15 is 0 Å². The molecule has 20 heavy (non-hydrogen) atoms. The zero-order valence-electron chi connectivity index (χ0n) is 11.6. The van der Waals surface area contributed by atoms with Gasteiger partial charge in [-0.25, -0.2) is 4.68 Å². The van der Waals surface area contributed by atoms with E-state index in [1.807, 2.05) is 35.9 Å². The number of nitrogens with zero attached hydrogens (tertiary/aromatic N) is 2. The number of benzene rings is 1. The molecule has 1 aliphatic heterocycles. The van der Waals surface area contributed by atoms with E-state index in [0.29, 0.717) is 0 Å². The number of aryl methyl sites for hydroxylation is 1. The molecule has 1 unspecified atom stereocenters. The maximum Gasteiger partial charge on any atom is 0.150 e. The molecule has 4 nitrogen and oxygen atoms in total. The Hall–Kier alpha value is -1.94. The summed E-state index contributed by atoms with van der Waals surface area (Å²) in [4.78, 5) is 10.9. The molecule has 0 amide bonds. The average Bonchev–Trinajstić information content (AvgIpc) is 2.97. The third-order valence-corrected chi connectivity index (χ3v) is 3.79. The van der Waals surface area contributed by atoms with E-state index in [0.717, 1.165) is 48.1 Å². The molecule has 104 valence electrons. The lowest BCUT2D eigenvalue weighted by Gasteiger charge is -2.24. The number of hydrogen-bond donors (Lipinski definition) is 0. The van der Waals surface area contributed by atoms with Gasteiger partial charge in [0.2, 0.25) is 0 Å². The Morgan fingerprint density at radius 2 is 2.25 bits per heavy atom. The van der Waals surface area contributed by atoms with Crippen LogP contribution in [-0.4, -0.2) is 22.7 Å². The molecular formula is C16H18N2O2. The maximum atomic E-state index is 10.9. The first-order chi connectivity index (χ1) is 9.79. The standard InChI is InChI=1S/C16H18N2O2/c1-12-10-13(5-6-14(12)11-19)15-7-8-17-18(15)16-4-2-3-9-20-16/h5-8,10-11,16H,2-4,9H2,1H3. The maximum absolute atomic E-state index is 10.9. The molecule has 0 bridgehead atoms. The molecule has 0 N–H and O–H groups in total. The van der Waals surface area contributed by atoms with Crippen LogP contribution in [-0.2, 0) is 4.74 Å². The molecule has 4 heteroatoms. The molecule has 1 saturated heterocycles. The summed E-state index contributed by atoms with van der Waals surface area (Å²) in [5.41, 5.74) is 3.82.